The maximum Gasteiger partial charge on any atom is 0.272 e. The maximum absolute atomic E-state index is 13.5. The van der Waals surface area contributed by atoms with Gasteiger partial charge in [-0.1, -0.05) is 57.2 Å². The van der Waals surface area contributed by atoms with E-state index < -0.39 is 18.1 Å². The Balaban J connectivity index is 1.91. The number of rotatable bonds is 14. The molecule has 0 radical (unpaired) electrons. The molecular formula is C30H40N4O5. The first-order chi connectivity index (χ1) is 18.8. The highest BCUT2D eigenvalue weighted by molar-refractivity contribution is 5.97. The molecule has 9 heteroatoms. The van der Waals surface area contributed by atoms with E-state index in [0.717, 1.165) is 5.56 Å². The summed E-state index contributed by atoms with van der Waals surface area (Å²) < 4.78 is 13.0. The van der Waals surface area contributed by atoms with Crippen LogP contribution in [-0.2, 0) is 17.8 Å². The van der Waals surface area contributed by atoms with Crippen LogP contribution in [-0.4, -0.2) is 59.6 Å². The van der Waals surface area contributed by atoms with Gasteiger partial charge >= 0.3 is 0 Å². The molecule has 0 saturated carbocycles. The number of amides is 2. The number of nitrogens with one attached hydrogen (secondary N) is 2. The lowest BCUT2D eigenvalue weighted by atomic mass is 10.0. The summed E-state index contributed by atoms with van der Waals surface area (Å²) in [4.78, 5) is 26.5. The summed E-state index contributed by atoms with van der Waals surface area (Å²) in [6, 6.07) is 16.2. The highest BCUT2D eigenvalue weighted by atomic mass is 16.5. The minimum atomic E-state index is -0.804. The number of hydrogen-bond acceptors (Lipinski definition) is 6. The van der Waals surface area contributed by atoms with Crippen molar-refractivity contribution in [1.82, 2.24) is 20.4 Å². The highest BCUT2D eigenvalue weighted by Crippen LogP contribution is 2.38. The lowest BCUT2D eigenvalue weighted by Crippen LogP contribution is -2.48. The zero-order valence-electron chi connectivity index (χ0n) is 23.4. The van der Waals surface area contributed by atoms with Gasteiger partial charge in [-0.05, 0) is 48.9 Å². The van der Waals surface area contributed by atoms with Crippen LogP contribution in [0.5, 0.6) is 11.5 Å². The average Bonchev–Trinajstić information content (AvgIpc) is 3.36. The molecular weight excluding hydrogens is 496 g/mol. The van der Waals surface area contributed by atoms with Crippen LogP contribution >= 0.6 is 0 Å². The Hall–Kier alpha value is -3.85. The van der Waals surface area contributed by atoms with Crippen LogP contribution in [0.2, 0.25) is 0 Å². The van der Waals surface area contributed by atoms with Crippen LogP contribution in [0.25, 0.3) is 11.3 Å². The second kappa shape index (κ2) is 14.3. The number of carbonyl (C=O) groups is 2. The fourth-order valence-corrected chi connectivity index (χ4v) is 4.26. The van der Waals surface area contributed by atoms with Crippen molar-refractivity contribution in [3.8, 4) is 22.8 Å². The first-order valence-corrected chi connectivity index (χ1v) is 13.4. The van der Waals surface area contributed by atoms with Crippen molar-refractivity contribution in [2.24, 2.45) is 5.92 Å². The summed E-state index contributed by atoms with van der Waals surface area (Å²) >= 11 is 0. The van der Waals surface area contributed by atoms with Gasteiger partial charge < -0.3 is 25.2 Å². The Morgan fingerprint density at radius 1 is 1.03 bits per heavy atom. The van der Waals surface area contributed by atoms with E-state index in [1.807, 2.05) is 55.5 Å². The molecule has 2 amide bonds. The second-order valence-electron chi connectivity index (χ2n) is 9.89. The molecule has 0 bridgehead atoms. The standard InChI is InChI=1S/C30H40N4O5/c1-6-22(35)18-31-29(36)23(16-15-21-11-8-7-9-12-21)32-30(37)24-17-25(34(33-24)19-20(2)3)28-26(38-4)13-10-14-27(28)39-5/h7-14,17,20,22-23,35H,6,15-16,18-19H2,1-5H3,(H,31,36)(H,32,37)/t22?,23-/m0/s1. The number of methoxy groups -OCH3 is 2. The van der Waals surface area contributed by atoms with E-state index in [1.54, 1.807) is 25.0 Å². The molecule has 0 fully saturated rings. The van der Waals surface area contributed by atoms with Gasteiger partial charge in [0.15, 0.2) is 5.69 Å². The zero-order valence-corrected chi connectivity index (χ0v) is 23.4. The molecule has 210 valence electrons. The smallest absolute Gasteiger partial charge is 0.272 e. The Morgan fingerprint density at radius 3 is 2.28 bits per heavy atom. The van der Waals surface area contributed by atoms with Gasteiger partial charge in [-0.15, -0.1) is 0 Å². The van der Waals surface area contributed by atoms with Crippen molar-refractivity contribution >= 4 is 11.8 Å². The van der Waals surface area contributed by atoms with E-state index in [4.69, 9.17) is 9.47 Å². The lowest BCUT2D eigenvalue weighted by Gasteiger charge is -2.19. The Morgan fingerprint density at radius 2 is 1.69 bits per heavy atom. The van der Waals surface area contributed by atoms with E-state index in [0.29, 0.717) is 48.6 Å². The van der Waals surface area contributed by atoms with Crippen molar-refractivity contribution in [3.63, 3.8) is 0 Å². The van der Waals surface area contributed by atoms with Gasteiger partial charge in [0.05, 0.1) is 31.6 Å². The van der Waals surface area contributed by atoms with E-state index in [2.05, 4.69) is 29.6 Å². The normalized spacial score (nSPS) is 12.6. The van der Waals surface area contributed by atoms with Gasteiger partial charge in [-0.3, -0.25) is 14.3 Å². The minimum Gasteiger partial charge on any atom is -0.496 e. The molecule has 3 N–H and O–H groups in total. The Bertz CT molecular complexity index is 1200. The number of aliphatic hydroxyl groups is 1. The molecule has 2 aromatic carbocycles. The van der Waals surface area contributed by atoms with Crippen LogP contribution in [0.1, 0.15) is 49.7 Å². The zero-order chi connectivity index (χ0) is 28.4. The quantitative estimate of drug-likeness (QED) is 0.288. The fourth-order valence-electron chi connectivity index (χ4n) is 4.26. The van der Waals surface area contributed by atoms with Crippen LogP contribution in [0.4, 0.5) is 0 Å². The molecule has 1 heterocycles. The summed E-state index contributed by atoms with van der Waals surface area (Å²) in [5.74, 6) is 0.646. The van der Waals surface area contributed by atoms with E-state index in [9.17, 15) is 14.7 Å². The van der Waals surface area contributed by atoms with Crippen molar-refractivity contribution in [3.05, 3.63) is 65.9 Å². The molecule has 0 aliphatic rings. The average molecular weight is 537 g/mol. The Kier molecular flexibility index (Phi) is 10.9. The molecule has 1 aromatic heterocycles. The number of aromatic nitrogens is 2. The number of nitrogens with zero attached hydrogens (tertiary/aromatic N) is 2. The largest absolute Gasteiger partial charge is 0.496 e. The minimum absolute atomic E-state index is 0.119. The number of carbonyl (C=O) groups excluding carboxylic acids is 2. The first kappa shape index (κ1) is 29.7. The van der Waals surface area contributed by atoms with E-state index >= 15 is 0 Å². The van der Waals surface area contributed by atoms with E-state index in [-0.39, 0.29) is 24.1 Å². The van der Waals surface area contributed by atoms with Crippen LogP contribution in [0.3, 0.4) is 0 Å². The molecule has 3 rings (SSSR count). The fraction of sp³-hybridized carbons (Fsp3) is 0.433. The summed E-state index contributed by atoms with van der Waals surface area (Å²) in [7, 11) is 3.17. The lowest BCUT2D eigenvalue weighted by molar-refractivity contribution is -0.123. The molecule has 0 saturated heterocycles. The topological polar surface area (TPSA) is 115 Å². The number of aryl methyl sites for hydroxylation is 1. The number of hydrogen-bond donors (Lipinski definition) is 3. The predicted octanol–water partition coefficient (Wildman–Crippen LogP) is 3.84. The predicted molar refractivity (Wildman–Crippen MR) is 151 cm³/mol. The van der Waals surface area contributed by atoms with Gasteiger partial charge in [0.1, 0.15) is 17.5 Å². The third kappa shape index (κ3) is 8.07. The van der Waals surface area contributed by atoms with Crippen LogP contribution in [0.15, 0.2) is 54.6 Å². The van der Waals surface area contributed by atoms with Gasteiger partial charge in [0.2, 0.25) is 5.91 Å². The summed E-state index contributed by atoms with van der Waals surface area (Å²) in [5, 5.41) is 20.2. The SMILES string of the molecule is CCC(O)CNC(=O)[C@H](CCc1ccccc1)NC(=O)c1cc(-c2c(OC)cccc2OC)n(CC(C)C)n1. The van der Waals surface area contributed by atoms with Gasteiger partial charge in [0.25, 0.3) is 5.91 Å². The van der Waals surface area contributed by atoms with Gasteiger partial charge in [-0.25, -0.2) is 0 Å². The molecule has 3 aromatic rings. The highest BCUT2D eigenvalue weighted by Gasteiger charge is 2.26. The molecule has 39 heavy (non-hydrogen) atoms. The molecule has 0 spiro atoms. The number of benzene rings is 2. The summed E-state index contributed by atoms with van der Waals surface area (Å²) in [6.45, 7) is 6.66. The molecule has 0 aliphatic heterocycles. The number of aliphatic hydroxyl groups excluding tert-OH is 1. The summed E-state index contributed by atoms with van der Waals surface area (Å²) in [6.07, 6.45) is 0.860. The van der Waals surface area contributed by atoms with E-state index in [1.165, 1.54) is 0 Å². The number of ether oxygens (including phenoxy) is 2. The van der Waals surface area contributed by atoms with Crippen molar-refractivity contribution in [1.29, 1.82) is 0 Å². The van der Waals surface area contributed by atoms with Gasteiger partial charge in [0, 0.05) is 13.1 Å². The van der Waals surface area contributed by atoms with Crippen molar-refractivity contribution < 1.29 is 24.2 Å². The van der Waals surface area contributed by atoms with Crippen LogP contribution in [0, 0.1) is 5.92 Å². The third-order valence-electron chi connectivity index (χ3n) is 6.40. The monoisotopic (exact) mass is 536 g/mol. The van der Waals surface area contributed by atoms with Crippen LogP contribution < -0.4 is 20.1 Å². The van der Waals surface area contributed by atoms with Crippen molar-refractivity contribution in [2.75, 3.05) is 20.8 Å². The molecule has 0 aliphatic carbocycles. The Labute approximate surface area is 230 Å². The maximum atomic E-state index is 13.5. The molecule has 1 unspecified atom stereocenters. The molecule has 2 atom stereocenters. The first-order valence-electron chi connectivity index (χ1n) is 13.4. The van der Waals surface area contributed by atoms with Gasteiger partial charge in [-0.2, -0.15) is 5.10 Å². The third-order valence-corrected chi connectivity index (χ3v) is 6.40. The second-order valence-corrected chi connectivity index (χ2v) is 9.89. The van der Waals surface area contributed by atoms with Crippen molar-refractivity contribution in [2.45, 2.75) is 58.7 Å². The molecule has 9 nitrogen and oxygen atoms in total. The summed E-state index contributed by atoms with van der Waals surface area (Å²) in [5.41, 5.74) is 2.62.